The van der Waals surface area contributed by atoms with Crippen LogP contribution in [0.15, 0.2) is 78.0 Å². The fourth-order valence-corrected chi connectivity index (χ4v) is 3.77. The fourth-order valence-electron chi connectivity index (χ4n) is 3.77. The molecule has 1 amide bonds. The number of nitrogens with zero attached hydrogens (tertiary/aromatic N) is 4. The van der Waals surface area contributed by atoms with Crippen molar-refractivity contribution in [2.45, 2.75) is 6.92 Å². The maximum Gasteiger partial charge on any atom is 0.269 e. The van der Waals surface area contributed by atoms with Gasteiger partial charge >= 0.3 is 0 Å². The Morgan fingerprint density at radius 1 is 0.947 bits per heavy atom. The molecule has 1 aromatic carbocycles. The largest absolute Gasteiger partial charge is 0.481 e. The Morgan fingerprint density at radius 2 is 1.79 bits per heavy atom. The maximum absolute atomic E-state index is 15.0. The van der Waals surface area contributed by atoms with Crippen molar-refractivity contribution in [3.05, 3.63) is 106 Å². The zero-order valence-corrected chi connectivity index (χ0v) is 20.1. The lowest BCUT2D eigenvalue weighted by atomic mass is 10.2. The molecular formula is C27H19F2N5O4. The van der Waals surface area contributed by atoms with Crippen LogP contribution in [0.25, 0.3) is 16.7 Å². The van der Waals surface area contributed by atoms with Crippen LogP contribution in [0.2, 0.25) is 0 Å². The number of nitrogens with one attached hydrogen (secondary N) is 1. The number of hydrogen-bond acceptors (Lipinski definition) is 7. The van der Waals surface area contributed by atoms with E-state index in [-0.39, 0.29) is 22.8 Å². The number of carbonyl (C=O) groups is 1. The molecule has 11 heteroatoms. The average Bonchev–Trinajstić information content (AvgIpc) is 2.91. The van der Waals surface area contributed by atoms with Crippen molar-refractivity contribution < 1.29 is 23.0 Å². The van der Waals surface area contributed by atoms with Gasteiger partial charge in [-0.25, -0.2) is 18.7 Å². The molecule has 4 aromatic heterocycles. The van der Waals surface area contributed by atoms with Crippen LogP contribution in [0.1, 0.15) is 16.1 Å². The molecule has 0 unspecified atom stereocenters. The van der Waals surface area contributed by atoms with Crippen LogP contribution >= 0.6 is 0 Å². The number of ether oxygens (including phenoxy) is 2. The Labute approximate surface area is 214 Å². The Kier molecular flexibility index (Phi) is 6.48. The summed E-state index contributed by atoms with van der Waals surface area (Å²) in [5, 5.41) is 3.09. The molecule has 0 bridgehead atoms. The molecule has 0 fully saturated rings. The number of fused-ring (bicyclic) bond motifs is 1. The van der Waals surface area contributed by atoms with E-state index in [1.807, 2.05) is 0 Å². The summed E-state index contributed by atoms with van der Waals surface area (Å²) in [6, 6.07) is 12.5. The van der Waals surface area contributed by atoms with Gasteiger partial charge in [0.1, 0.15) is 22.9 Å². The van der Waals surface area contributed by atoms with Crippen LogP contribution < -0.4 is 20.3 Å². The number of carbonyl (C=O) groups excluding carboxylic acids is 1. The van der Waals surface area contributed by atoms with Gasteiger partial charge in [0.2, 0.25) is 5.88 Å². The topological polar surface area (TPSA) is 108 Å². The Morgan fingerprint density at radius 3 is 2.53 bits per heavy atom. The third kappa shape index (κ3) is 4.76. The number of methoxy groups -OCH3 is 1. The number of hydrogen-bond donors (Lipinski definition) is 1. The summed E-state index contributed by atoms with van der Waals surface area (Å²) in [6.45, 7) is 1.65. The second-order valence-corrected chi connectivity index (χ2v) is 8.12. The molecule has 1 N–H and O–H groups in total. The lowest BCUT2D eigenvalue weighted by Gasteiger charge is -2.13. The summed E-state index contributed by atoms with van der Waals surface area (Å²) < 4.78 is 40.3. The number of benzene rings is 1. The summed E-state index contributed by atoms with van der Waals surface area (Å²) >= 11 is 0. The van der Waals surface area contributed by atoms with Crippen molar-refractivity contribution in [1.29, 1.82) is 0 Å². The van der Waals surface area contributed by atoms with Gasteiger partial charge in [-0.1, -0.05) is 0 Å². The number of pyridine rings is 4. The Bertz CT molecular complexity index is 1740. The SMILES string of the molecule is COc1cc2c(Oc3ccc(NC(=O)c4ccc(C)n(-c5ccc(F)cn5)c4=O)cc3F)ccnc2cn1. The van der Waals surface area contributed by atoms with Crippen LogP contribution in [-0.4, -0.2) is 32.5 Å². The number of aryl methyl sites for hydroxylation is 1. The molecule has 38 heavy (non-hydrogen) atoms. The van der Waals surface area contributed by atoms with E-state index < -0.39 is 23.1 Å². The van der Waals surface area contributed by atoms with E-state index in [2.05, 4.69) is 20.3 Å². The third-order valence-corrected chi connectivity index (χ3v) is 5.64. The zero-order chi connectivity index (χ0) is 26.8. The van der Waals surface area contributed by atoms with Gasteiger partial charge < -0.3 is 14.8 Å². The zero-order valence-electron chi connectivity index (χ0n) is 20.1. The lowest BCUT2D eigenvalue weighted by Crippen LogP contribution is -2.29. The molecule has 0 aliphatic heterocycles. The number of rotatable bonds is 6. The van der Waals surface area contributed by atoms with Gasteiger partial charge in [0.05, 0.1) is 25.0 Å². The lowest BCUT2D eigenvalue weighted by molar-refractivity contribution is 0.102. The third-order valence-electron chi connectivity index (χ3n) is 5.64. The molecule has 0 aliphatic carbocycles. The number of amides is 1. The number of aromatic nitrogens is 4. The van der Waals surface area contributed by atoms with Crippen molar-refractivity contribution in [3.8, 4) is 23.2 Å². The highest BCUT2D eigenvalue weighted by Crippen LogP contribution is 2.32. The Hall–Kier alpha value is -5.19. The molecule has 0 aliphatic rings. The van der Waals surface area contributed by atoms with Crippen LogP contribution in [-0.2, 0) is 0 Å². The van der Waals surface area contributed by atoms with E-state index in [4.69, 9.17) is 9.47 Å². The van der Waals surface area contributed by atoms with E-state index in [1.165, 1.54) is 48.3 Å². The maximum atomic E-state index is 15.0. The van der Waals surface area contributed by atoms with Crippen LogP contribution in [0.4, 0.5) is 14.5 Å². The van der Waals surface area contributed by atoms with Gasteiger partial charge in [-0.15, -0.1) is 0 Å². The average molecular weight is 515 g/mol. The molecule has 4 heterocycles. The van der Waals surface area contributed by atoms with Crippen molar-refractivity contribution in [3.63, 3.8) is 0 Å². The number of anilines is 1. The molecule has 190 valence electrons. The van der Waals surface area contributed by atoms with Crippen molar-refractivity contribution in [2.75, 3.05) is 12.4 Å². The van der Waals surface area contributed by atoms with Crippen LogP contribution in [0, 0.1) is 18.6 Å². The normalized spacial score (nSPS) is 10.8. The smallest absolute Gasteiger partial charge is 0.269 e. The van der Waals surface area contributed by atoms with E-state index in [0.29, 0.717) is 28.2 Å². The van der Waals surface area contributed by atoms with Crippen LogP contribution in [0.5, 0.6) is 17.4 Å². The van der Waals surface area contributed by atoms with Crippen molar-refractivity contribution >= 4 is 22.5 Å². The first-order valence-corrected chi connectivity index (χ1v) is 11.3. The van der Waals surface area contributed by atoms with E-state index in [1.54, 1.807) is 25.1 Å². The first-order chi connectivity index (χ1) is 18.3. The summed E-state index contributed by atoms with van der Waals surface area (Å²) in [6.07, 6.45) is 4.00. The Balaban J connectivity index is 1.39. The second kappa shape index (κ2) is 10.1. The highest BCUT2D eigenvalue weighted by Gasteiger charge is 2.17. The highest BCUT2D eigenvalue weighted by atomic mass is 19.1. The standard InChI is InChI=1S/C27H19F2N5O4/c1-15-3-6-18(27(36)34(15)24-8-4-16(28)13-31-24)26(35)33-17-5-7-23(20(29)11-17)38-22-9-10-30-21-14-32-25(37-2)12-19(21)22/h3-14H,1-2H3,(H,33,35). The van der Waals surface area contributed by atoms with Gasteiger partial charge in [0.15, 0.2) is 11.6 Å². The molecule has 5 rings (SSSR count). The minimum Gasteiger partial charge on any atom is -0.481 e. The molecule has 9 nitrogen and oxygen atoms in total. The highest BCUT2D eigenvalue weighted by molar-refractivity contribution is 6.04. The molecule has 5 aromatic rings. The quantitative estimate of drug-likeness (QED) is 0.346. The van der Waals surface area contributed by atoms with Gasteiger partial charge in [-0.05, 0) is 49.4 Å². The van der Waals surface area contributed by atoms with Gasteiger partial charge in [-0.3, -0.25) is 19.1 Å². The summed E-state index contributed by atoms with van der Waals surface area (Å²) in [5.74, 6) is -1.30. The minimum atomic E-state index is -0.751. The minimum absolute atomic E-state index is 0.0913. The fraction of sp³-hybridized carbons (Fsp3) is 0.0741. The summed E-state index contributed by atoms with van der Waals surface area (Å²) in [5.41, 5.74) is 0.281. The van der Waals surface area contributed by atoms with Crippen molar-refractivity contribution in [2.24, 2.45) is 0 Å². The van der Waals surface area contributed by atoms with Crippen LogP contribution in [0.3, 0.4) is 0 Å². The van der Waals surface area contributed by atoms with Gasteiger partial charge in [-0.2, -0.15) is 0 Å². The molecule has 0 spiro atoms. The molecular weight excluding hydrogens is 496 g/mol. The molecule has 0 saturated heterocycles. The van der Waals surface area contributed by atoms with E-state index >= 15 is 0 Å². The van der Waals surface area contributed by atoms with Gasteiger partial charge in [0.25, 0.3) is 11.5 Å². The summed E-state index contributed by atoms with van der Waals surface area (Å²) in [7, 11) is 1.48. The monoisotopic (exact) mass is 515 g/mol. The molecule has 0 atom stereocenters. The first kappa shape index (κ1) is 24.5. The second-order valence-electron chi connectivity index (χ2n) is 8.12. The van der Waals surface area contributed by atoms with E-state index in [0.717, 1.165) is 18.3 Å². The molecule has 0 saturated carbocycles. The van der Waals surface area contributed by atoms with Crippen molar-refractivity contribution in [1.82, 2.24) is 19.5 Å². The predicted molar refractivity (Wildman–Crippen MR) is 135 cm³/mol. The predicted octanol–water partition coefficient (Wildman–Crippen LogP) is 4.82. The molecule has 0 radical (unpaired) electrons. The first-order valence-electron chi connectivity index (χ1n) is 11.3. The number of halogens is 2. The van der Waals surface area contributed by atoms with Gasteiger partial charge in [0, 0.05) is 35.1 Å². The summed E-state index contributed by atoms with van der Waals surface area (Å²) in [4.78, 5) is 38.2. The van der Waals surface area contributed by atoms with E-state index in [9.17, 15) is 18.4 Å².